The molecule has 0 atom stereocenters. The van der Waals surface area contributed by atoms with E-state index in [0.29, 0.717) is 5.69 Å². The van der Waals surface area contributed by atoms with Gasteiger partial charge in [0.05, 0.1) is 0 Å². The quantitative estimate of drug-likeness (QED) is 0.818. The van der Waals surface area contributed by atoms with E-state index in [2.05, 4.69) is 17.2 Å². The zero-order valence-electron chi connectivity index (χ0n) is 11.5. The monoisotopic (exact) mass is 268 g/mol. The second kappa shape index (κ2) is 6.09. The Bertz CT molecular complexity index is 690. The van der Waals surface area contributed by atoms with Crippen molar-refractivity contribution in [1.29, 1.82) is 0 Å². The molecule has 1 amide bonds. The number of hydrogen-bond acceptors (Lipinski definition) is 2. The molecular formula is C16H16N2O2. The van der Waals surface area contributed by atoms with Gasteiger partial charge < -0.3 is 15.0 Å². The van der Waals surface area contributed by atoms with Crippen LogP contribution in [0.4, 0.5) is 5.69 Å². The molecular weight excluding hydrogens is 252 g/mol. The van der Waals surface area contributed by atoms with Gasteiger partial charge in [0.2, 0.25) is 0 Å². The largest absolute Gasteiger partial charge is 0.384 e. The lowest BCUT2D eigenvalue weighted by atomic mass is 10.1. The summed E-state index contributed by atoms with van der Waals surface area (Å²) in [6.45, 7) is 1.75. The molecule has 1 heterocycles. The number of hydrogen-bond donors (Lipinski definition) is 2. The van der Waals surface area contributed by atoms with E-state index < -0.39 is 0 Å². The number of anilines is 1. The first-order chi connectivity index (χ1) is 9.61. The third-order valence-corrected chi connectivity index (χ3v) is 2.96. The highest BCUT2D eigenvalue weighted by atomic mass is 16.2. The van der Waals surface area contributed by atoms with Crippen LogP contribution in [0.5, 0.6) is 0 Å². The van der Waals surface area contributed by atoms with Crippen molar-refractivity contribution >= 4 is 11.6 Å². The summed E-state index contributed by atoms with van der Waals surface area (Å²) in [6, 6.07) is 9.09. The van der Waals surface area contributed by atoms with Crippen molar-refractivity contribution in [2.75, 3.05) is 11.9 Å². The van der Waals surface area contributed by atoms with Crippen LogP contribution in [0.1, 0.15) is 21.6 Å². The Morgan fingerprint density at radius 2 is 2.20 bits per heavy atom. The Labute approximate surface area is 118 Å². The molecule has 102 valence electrons. The average Bonchev–Trinajstić information content (AvgIpc) is 2.84. The summed E-state index contributed by atoms with van der Waals surface area (Å²) in [4.78, 5) is 12.1. The molecule has 0 aliphatic rings. The summed E-state index contributed by atoms with van der Waals surface area (Å²) in [5.41, 5.74) is 3.13. The van der Waals surface area contributed by atoms with Gasteiger partial charge in [-0.05, 0) is 42.8 Å². The number of aryl methyl sites for hydroxylation is 2. The first-order valence-corrected chi connectivity index (χ1v) is 6.25. The second-order valence-corrected chi connectivity index (χ2v) is 4.45. The molecule has 4 heteroatoms. The fourth-order valence-corrected chi connectivity index (χ4v) is 1.91. The number of aromatic nitrogens is 1. The summed E-state index contributed by atoms with van der Waals surface area (Å²) in [5, 5.41) is 11.5. The molecule has 0 saturated carbocycles. The van der Waals surface area contributed by atoms with Gasteiger partial charge in [0.25, 0.3) is 5.91 Å². The number of nitrogens with zero attached hydrogens (tertiary/aromatic N) is 1. The number of carbonyl (C=O) groups excluding carboxylic acids is 1. The lowest BCUT2D eigenvalue weighted by molar-refractivity contribution is 0.101. The number of aliphatic hydroxyl groups excluding tert-OH is 1. The molecule has 0 aliphatic heterocycles. The SMILES string of the molecule is Cc1cc(NC(=O)c2cccn2C)ccc1C#CCO. The molecule has 2 aromatic rings. The molecule has 0 bridgehead atoms. The van der Waals surface area contributed by atoms with E-state index in [9.17, 15) is 4.79 Å². The summed E-state index contributed by atoms with van der Waals surface area (Å²) in [7, 11) is 1.83. The van der Waals surface area contributed by atoms with E-state index in [0.717, 1.165) is 16.8 Å². The number of amides is 1. The van der Waals surface area contributed by atoms with Gasteiger partial charge in [-0.15, -0.1) is 0 Å². The predicted molar refractivity (Wildman–Crippen MR) is 78.5 cm³/mol. The molecule has 0 fully saturated rings. The van der Waals surface area contributed by atoms with Crippen LogP contribution >= 0.6 is 0 Å². The molecule has 0 radical (unpaired) electrons. The van der Waals surface area contributed by atoms with Gasteiger partial charge in [-0.25, -0.2) is 0 Å². The third kappa shape index (κ3) is 3.08. The van der Waals surface area contributed by atoms with E-state index in [1.807, 2.05) is 38.4 Å². The van der Waals surface area contributed by atoms with Crippen LogP contribution in [0.2, 0.25) is 0 Å². The standard InChI is InChI=1S/C16H16N2O2/c1-12-11-14(8-7-13(12)5-4-10-19)17-16(20)15-6-3-9-18(15)2/h3,6-9,11,19H,10H2,1-2H3,(H,17,20). The van der Waals surface area contributed by atoms with Crippen molar-refractivity contribution in [3.63, 3.8) is 0 Å². The van der Waals surface area contributed by atoms with Crippen LogP contribution in [0.15, 0.2) is 36.5 Å². The van der Waals surface area contributed by atoms with Crippen molar-refractivity contribution in [1.82, 2.24) is 4.57 Å². The van der Waals surface area contributed by atoms with Crippen molar-refractivity contribution in [3.8, 4) is 11.8 Å². The summed E-state index contributed by atoms with van der Waals surface area (Å²) >= 11 is 0. The lowest BCUT2D eigenvalue weighted by Crippen LogP contribution is -2.15. The Hall–Kier alpha value is -2.51. The van der Waals surface area contributed by atoms with Crippen LogP contribution in [-0.2, 0) is 7.05 Å². The number of nitrogens with one attached hydrogen (secondary N) is 1. The van der Waals surface area contributed by atoms with Gasteiger partial charge in [0.15, 0.2) is 0 Å². The zero-order valence-corrected chi connectivity index (χ0v) is 11.5. The maximum atomic E-state index is 12.1. The fraction of sp³-hybridized carbons (Fsp3) is 0.188. The molecule has 0 unspecified atom stereocenters. The van der Waals surface area contributed by atoms with Gasteiger partial charge in [0.1, 0.15) is 12.3 Å². The van der Waals surface area contributed by atoms with E-state index in [1.165, 1.54) is 0 Å². The topological polar surface area (TPSA) is 54.3 Å². The first kappa shape index (κ1) is 13.9. The highest BCUT2D eigenvalue weighted by Crippen LogP contribution is 2.15. The number of rotatable bonds is 2. The summed E-state index contributed by atoms with van der Waals surface area (Å²) < 4.78 is 1.77. The Morgan fingerprint density at radius 3 is 2.80 bits per heavy atom. The number of carbonyl (C=O) groups is 1. The Balaban J connectivity index is 2.17. The third-order valence-electron chi connectivity index (χ3n) is 2.96. The molecule has 1 aromatic carbocycles. The van der Waals surface area contributed by atoms with Gasteiger partial charge in [0, 0.05) is 24.5 Å². The van der Waals surface area contributed by atoms with Crippen LogP contribution < -0.4 is 5.32 Å². The zero-order chi connectivity index (χ0) is 14.5. The molecule has 2 rings (SSSR count). The summed E-state index contributed by atoms with van der Waals surface area (Å²) in [6.07, 6.45) is 1.83. The molecule has 0 aliphatic carbocycles. The number of benzene rings is 1. The Morgan fingerprint density at radius 1 is 1.40 bits per heavy atom. The molecule has 1 aromatic heterocycles. The smallest absolute Gasteiger partial charge is 0.272 e. The van der Waals surface area contributed by atoms with Crippen molar-refractivity contribution in [2.45, 2.75) is 6.92 Å². The van der Waals surface area contributed by atoms with Gasteiger partial charge >= 0.3 is 0 Å². The maximum Gasteiger partial charge on any atom is 0.272 e. The number of aliphatic hydroxyl groups is 1. The lowest BCUT2D eigenvalue weighted by Gasteiger charge is -2.08. The van der Waals surface area contributed by atoms with Gasteiger partial charge in [-0.1, -0.05) is 11.8 Å². The normalized spacial score (nSPS) is 9.75. The molecule has 0 saturated heterocycles. The minimum Gasteiger partial charge on any atom is -0.384 e. The van der Waals surface area contributed by atoms with Crippen LogP contribution in [0.3, 0.4) is 0 Å². The minimum absolute atomic E-state index is 0.147. The van der Waals surface area contributed by atoms with E-state index in [4.69, 9.17) is 5.11 Å². The second-order valence-electron chi connectivity index (χ2n) is 4.45. The molecule has 20 heavy (non-hydrogen) atoms. The van der Waals surface area contributed by atoms with E-state index in [-0.39, 0.29) is 12.5 Å². The van der Waals surface area contributed by atoms with Crippen LogP contribution in [-0.4, -0.2) is 22.2 Å². The van der Waals surface area contributed by atoms with Crippen molar-refractivity contribution in [2.24, 2.45) is 7.05 Å². The summed E-state index contributed by atoms with van der Waals surface area (Å²) in [5.74, 6) is 5.33. The molecule has 0 spiro atoms. The molecule has 2 N–H and O–H groups in total. The van der Waals surface area contributed by atoms with Crippen molar-refractivity contribution < 1.29 is 9.90 Å². The highest BCUT2D eigenvalue weighted by molar-refractivity contribution is 6.03. The van der Waals surface area contributed by atoms with E-state index >= 15 is 0 Å². The average molecular weight is 268 g/mol. The van der Waals surface area contributed by atoms with Crippen LogP contribution in [0, 0.1) is 18.8 Å². The minimum atomic E-state index is -0.161. The molecule has 4 nitrogen and oxygen atoms in total. The fourth-order valence-electron chi connectivity index (χ4n) is 1.91. The predicted octanol–water partition coefficient (Wildman–Crippen LogP) is 1.93. The first-order valence-electron chi connectivity index (χ1n) is 6.25. The maximum absolute atomic E-state index is 12.1. The van der Waals surface area contributed by atoms with Crippen molar-refractivity contribution in [3.05, 3.63) is 53.3 Å². The van der Waals surface area contributed by atoms with Gasteiger partial charge in [-0.2, -0.15) is 0 Å². The Kier molecular flexibility index (Phi) is 4.24. The van der Waals surface area contributed by atoms with E-state index in [1.54, 1.807) is 16.7 Å². The van der Waals surface area contributed by atoms with Crippen LogP contribution in [0.25, 0.3) is 0 Å². The van der Waals surface area contributed by atoms with Gasteiger partial charge in [-0.3, -0.25) is 4.79 Å². The highest BCUT2D eigenvalue weighted by Gasteiger charge is 2.09.